The fourth-order valence-corrected chi connectivity index (χ4v) is 3.67. The Hall–Kier alpha value is -2.79. The predicted octanol–water partition coefficient (Wildman–Crippen LogP) is 4.68. The topological polar surface area (TPSA) is 60.3 Å². The molecular formula is C23H25ClN2O3. The number of benzene rings is 2. The van der Waals surface area contributed by atoms with E-state index in [1.165, 1.54) is 0 Å². The number of hydrogen-bond acceptors (Lipinski definition) is 3. The Bertz CT molecular complexity index is 1070. The van der Waals surface area contributed by atoms with Gasteiger partial charge in [-0.2, -0.15) is 0 Å². The van der Waals surface area contributed by atoms with Gasteiger partial charge in [-0.1, -0.05) is 36.2 Å². The number of fused-ring (bicyclic) bond motifs is 1. The van der Waals surface area contributed by atoms with Gasteiger partial charge in [0.15, 0.2) is 0 Å². The number of aromatic nitrogens is 1. The molecule has 3 rings (SSSR count). The molecule has 1 heterocycles. The number of rotatable bonds is 6. The minimum atomic E-state index is -0.158. The molecule has 152 valence electrons. The fraction of sp³-hybridized carbons (Fsp3) is 0.304. The molecule has 1 N–H and O–H groups in total. The van der Waals surface area contributed by atoms with Crippen molar-refractivity contribution in [2.24, 2.45) is 0 Å². The van der Waals surface area contributed by atoms with Crippen LogP contribution in [0, 0.1) is 13.8 Å². The molecule has 0 unspecified atom stereocenters. The number of carbonyl (C=O) groups is 2. The number of carbonyl (C=O) groups excluding carboxylic acids is 2. The third-order valence-electron chi connectivity index (χ3n) is 5.02. The average molecular weight is 413 g/mol. The zero-order valence-electron chi connectivity index (χ0n) is 17.1. The van der Waals surface area contributed by atoms with Gasteiger partial charge in [0.25, 0.3) is 5.91 Å². The summed E-state index contributed by atoms with van der Waals surface area (Å²) in [7, 11) is 1.54. The number of nitrogens with zero attached hydrogens (tertiary/aromatic N) is 1. The summed E-state index contributed by atoms with van der Waals surface area (Å²) in [5, 5.41) is 4.10. The molecule has 2 aromatic carbocycles. The summed E-state index contributed by atoms with van der Waals surface area (Å²) >= 11 is 6.35. The lowest BCUT2D eigenvalue weighted by atomic mass is 10.1. The lowest BCUT2D eigenvalue weighted by Crippen LogP contribution is -2.26. The fourth-order valence-electron chi connectivity index (χ4n) is 3.43. The Morgan fingerprint density at radius 3 is 2.45 bits per heavy atom. The standard InChI is InChI=1S/C23H25ClN2O3/c1-5-10-25-22(27)12-17-15(3)26(23(28)16-8-6-14(2)7-9-16)20-13-19(24)21(29-4)11-18(17)20/h6-9,11,13H,5,10,12H2,1-4H3,(H,25,27). The van der Waals surface area contributed by atoms with E-state index in [1.807, 2.05) is 45.0 Å². The SMILES string of the molecule is CCCNC(=O)Cc1c(C)n(C(=O)c2ccc(C)cc2)c2cc(Cl)c(OC)cc12. The van der Waals surface area contributed by atoms with Gasteiger partial charge in [-0.05, 0) is 50.1 Å². The van der Waals surface area contributed by atoms with Crippen molar-refractivity contribution in [1.82, 2.24) is 9.88 Å². The van der Waals surface area contributed by atoms with Crippen LogP contribution in [0.4, 0.5) is 0 Å². The van der Waals surface area contributed by atoms with Crippen LogP contribution in [0.3, 0.4) is 0 Å². The van der Waals surface area contributed by atoms with Gasteiger partial charge in [-0.15, -0.1) is 0 Å². The predicted molar refractivity (Wildman–Crippen MR) is 116 cm³/mol. The largest absolute Gasteiger partial charge is 0.495 e. The van der Waals surface area contributed by atoms with E-state index in [4.69, 9.17) is 16.3 Å². The summed E-state index contributed by atoms with van der Waals surface area (Å²) < 4.78 is 6.99. The van der Waals surface area contributed by atoms with Crippen molar-refractivity contribution in [2.75, 3.05) is 13.7 Å². The maximum absolute atomic E-state index is 13.3. The molecule has 0 saturated carbocycles. The molecule has 6 heteroatoms. The van der Waals surface area contributed by atoms with Crippen LogP contribution in [0.25, 0.3) is 10.9 Å². The Morgan fingerprint density at radius 1 is 1.14 bits per heavy atom. The summed E-state index contributed by atoms with van der Waals surface area (Å²) in [6.07, 6.45) is 1.04. The molecule has 0 aliphatic carbocycles. The minimum Gasteiger partial charge on any atom is -0.495 e. The zero-order valence-corrected chi connectivity index (χ0v) is 17.9. The number of aryl methyl sites for hydroxylation is 1. The van der Waals surface area contributed by atoms with Crippen LogP contribution < -0.4 is 10.1 Å². The van der Waals surface area contributed by atoms with Gasteiger partial charge in [0.05, 0.1) is 24.1 Å². The van der Waals surface area contributed by atoms with Gasteiger partial charge < -0.3 is 10.1 Å². The smallest absolute Gasteiger partial charge is 0.262 e. The van der Waals surface area contributed by atoms with Crippen LogP contribution in [-0.2, 0) is 11.2 Å². The third-order valence-corrected chi connectivity index (χ3v) is 5.31. The molecular weight excluding hydrogens is 388 g/mol. The molecule has 0 saturated heterocycles. The number of amides is 1. The van der Waals surface area contributed by atoms with E-state index in [1.54, 1.807) is 23.8 Å². The van der Waals surface area contributed by atoms with E-state index in [0.717, 1.165) is 28.6 Å². The Balaban J connectivity index is 2.17. The van der Waals surface area contributed by atoms with E-state index in [2.05, 4.69) is 5.32 Å². The Labute approximate surface area is 175 Å². The third kappa shape index (κ3) is 4.15. The molecule has 0 aliphatic rings. The molecule has 0 aliphatic heterocycles. The lowest BCUT2D eigenvalue weighted by molar-refractivity contribution is -0.120. The van der Waals surface area contributed by atoms with Crippen molar-refractivity contribution >= 4 is 34.3 Å². The highest BCUT2D eigenvalue weighted by molar-refractivity contribution is 6.33. The van der Waals surface area contributed by atoms with Crippen LogP contribution >= 0.6 is 11.6 Å². The van der Waals surface area contributed by atoms with E-state index in [9.17, 15) is 9.59 Å². The highest BCUT2D eigenvalue weighted by Crippen LogP contribution is 2.35. The van der Waals surface area contributed by atoms with Crippen molar-refractivity contribution in [1.29, 1.82) is 0 Å². The minimum absolute atomic E-state index is 0.0781. The molecule has 0 bridgehead atoms. The van der Waals surface area contributed by atoms with E-state index < -0.39 is 0 Å². The molecule has 0 spiro atoms. The first-order chi connectivity index (χ1) is 13.9. The van der Waals surface area contributed by atoms with Gasteiger partial charge in [-0.3, -0.25) is 14.2 Å². The van der Waals surface area contributed by atoms with Crippen molar-refractivity contribution in [2.45, 2.75) is 33.6 Å². The molecule has 0 fully saturated rings. The number of halogens is 1. The summed E-state index contributed by atoms with van der Waals surface area (Å²) in [6.45, 7) is 6.46. The lowest BCUT2D eigenvalue weighted by Gasteiger charge is -2.09. The summed E-state index contributed by atoms with van der Waals surface area (Å²) in [5.41, 5.74) is 3.84. The van der Waals surface area contributed by atoms with E-state index >= 15 is 0 Å². The summed E-state index contributed by atoms with van der Waals surface area (Å²) in [6, 6.07) is 10.9. The van der Waals surface area contributed by atoms with Crippen LogP contribution in [0.1, 0.15) is 40.5 Å². The molecule has 1 aromatic heterocycles. The molecule has 1 amide bonds. The number of methoxy groups -OCH3 is 1. The maximum atomic E-state index is 13.3. The van der Waals surface area contributed by atoms with Gasteiger partial charge in [0.1, 0.15) is 5.75 Å². The summed E-state index contributed by atoms with van der Waals surface area (Å²) in [4.78, 5) is 25.7. The Kier molecular flexibility index (Phi) is 6.28. The van der Waals surface area contributed by atoms with Gasteiger partial charge in [0, 0.05) is 23.2 Å². The van der Waals surface area contributed by atoms with Gasteiger partial charge >= 0.3 is 0 Å². The monoisotopic (exact) mass is 412 g/mol. The molecule has 5 nitrogen and oxygen atoms in total. The van der Waals surface area contributed by atoms with E-state index in [0.29, 0.717) is 28.4 Å². The molecule has 0 atom stereocenters. The van der Waals surface area contributed by atoms with Crippen LogP contribution in [0.15, 0.2) is 36.4 Å². The quantitative estimate of drug-likeness (QED) is 0.639. The number of nitrogens with one attached hydrogen (secondary N) is 1. The normalized spacial score (nSPS) is 10.9. The summed E-state index contributed by atoms with van der Waals surface area (Å²) in [5.74, 6) is 0.272. The number of ether oxygens (including phenoxy) is 1. The second-order valence-electron chi connectivity index (χ2n) is 7.10. The molecule has 0 radical (unpaired) electrons. The first kappa shape index (κ1) is 20.9. The van der Waals surface area contributed by atoms with Gasteiger partial charge in [-0.25, -0.2) is 0 Å². The van der Waals surface area contributed by atoms with Crippen LogP contribution in [0.2, 0.25) is 5.02 Å². The average Bonchev–Trinajstić information content (AvgIpc) is 2.96. The van der Waals surface area contributed by atoms with Crippen molar-refractivity contribution in [3.05, 3.63) is 63.8 Å². The highest BCUT2D eigenvalue weighted by Gasteiger charge is 2.23. The number of hydrogen-bond donors (Lipinski definition) is 1. The first-order valence-corrected chi connectivity index (χ1v) is 10.0. The molecule has 29 heavy (non-hydrogen) atoms. The highest BCUT2D eigenvalue weighted by atomic mass is 35.5. The first-order valence-electron chi connectivity index (χ1n) is 9.62. The van der Waals surface area contributed by atoms with Crippen molar-refractivity contribution in [3.8, 4) is 5.75 Å². The van der Waals surface area contributed by atoms with Crippen molar-refractivity contribution in [3.63, 3.8) is 0 Å². The van der Waals surface area contributed by atoms with E-state index in [-0.39, 0.29) is 18.2 Å². The van der Waals surface area contributed by atoms with Crippen LogP contribution in [0.5, 0.6) is 5.75 Å². The molecule has 3 aromatic rings. The zero-order chi connectivity index (χ0) is 21.1. The van der Waals surface area contributed by atoms with Crippen LogP contribution in [-0.4, -0.2) is 30.0 Å². The maximum Gasteiger partial charge on any atom is 0.262 e. The van der Waals surface area contributed by atoms with Crippen molar-refractivity contribution < 1.29 is 14.3 Å². The Morgan fingerprint density at radius 2 is 1.83 bits per heavy atom. The second-order valence-corrected chi connectivity index (χ2v) is 7.51. The van der Waals surface area contributed by atoms with Gasteiger partial charge in [0.2, 0.25) is 5.91 Å². The second kappa shape index (κ2) is 8.70.